The Morgan fingerprint density at radius 2 is 2.12 bits per heavy atom. The maximum Gasteiger partial charge on any atom is 0.126 e. The quantitative estimate of drug-likeness (QED) is 0.812. The molecular formula is C13H19N3. The summed E-state index contributed by atoms with van der Waals surface area (Å²) < 4.78 is 0. The van der Waals surface area contributed by atoms with Gasteiger partial charge in [0.25, 0.3) is 0 Å². The van der Waals surface area contributed by atoms with Crippen LogP contribution >= 0.6 is 0 Å². The van der Waals surface area contributed by atoms with Gasteiger partial charge in [0.05, 0.1) is 0 Å². The minimum absolute atomic E-state index is 0.0285. The Hall–Kier alpha value is -1.09. The van der Waals surface area contributed by atoms with Crippen LogP contribution in [0.3, 0.4) is 0 Å². The van der Waals surface area contributed by atoms with Gasteiger partial charge in [-0.3, -0.25) is 0 Å². The van der Waals surface area contributed by atoms with E-state index in [0.29, 0.717) is 0 Å². The molecule has 0 unspecified atom stereocenters. The summed E-state index contributed by atoms with van der Waals surface area (Å²) in [6.07, 6.45) is 7.15. The molecule has 1 aromatic heterocycles. The highest BCUT2D eigenvalue weighted by Gasteiger charge is 2.32. The second kappa shape index (κ2) is 3.74. The van der Waals surface area contributed by atoms with E-state index >= 15 is 0 Å². The number of aromatic nitrogens is 1. The van der Waals surface area contributed by atoms with Crippen LogP contribution < -0.4 is 11.1 Å². The van der Waals surface area contributed by atoms with Crippen molar-refractivity contribution in [2.24, 2.45) is 5.73 Å². The summed E-state index contributed by atoms with van der Waals surface area (Å²) in [5.74, 6) is 0.998. The fraction of sp³-hybridized carbons (Fsp3) is 0.615. The normalized spacial score (nSPS) is 21.3. The minimum Gasteiger partial charge on any atom is -0.368 e. The highest BCUT2D eigenvalue weighted by Crippen LogP contribution is 2.29. The number of nitrogens with two attached hydrogens (primary N) is 1. The van der Waals surface area contributed by atoms with Crippen molar-refractivity contribution < 1.29 is 0 Å². The Balaban J connectivity index is 1.66. The smallest absolute Gasteiger partial charge is 0.126 e. The molecule has 0 amide bonds. The molecule has 1 saturated carbocycles. The summed E-state index contributed by atoms with van der Waals surface area (Å²) in [4.78, 5) is 4.65. The Morgan fingerprint density at radius 3 is 2.88 bits per heavy atom. The van der Waals surface area contributed by atoms with Crippen LogP contribution in [0.15, 0.2) is 12.1 Å². The van der Waals surface area contributed by atoms with Crippen LogP contribution in [-0.2, 0) is 12.8 Å². The largest absolute Gasteiger partial charge is 0.368 e. The van der Waals surface area contributed by atoms with E-state index in [9.17, 15) is 0 Å². The highest BCUT2D eigenvalue weighted by molar-refractivity contribution is 5.40. The van der Waals surface area contributed by atoms with Crippen molar-refractivity contribution in [3.63, 3.8) is 0 Å². The van der Waals surface area contributed by atoms with Crippen LogP contribution in [-0.4, -0.2) is 17.1 Å². The summed E-state index contributed by atoms with van der Waals surface area (Å²) in [7, 11) is 0. The zero-order valence-corrected chi connectivity index (χ0v) is 9.63. The lowest BCUT2D eigenvalue weighted by Crippen LogP contribution is -2.52. The summed E-state index contributed by atoms with van der Waals surface area (Å²) in [6, 6.07) is 4.30. The van der Waals surface area contributed by atoms with Gasteiger partial charge in [-0.15, -0.1) is 0 Å². The molecule has 1 fully saturated rings. The molecule has 1 aromatic rings. The predicted octanol–water partition coefficient (Wildman–Crippen LogP) is 1.86. The lowest BCUT2D eigenvalue weighted by Gasteiger charge is -2.38. The first-order valence-corrected chi connectivity index (χ1v) is 6.27. The van der Waals surface area contributed by atoms with Gasteiger partial charge >= 0.3 is 0 Å². The number of rotatable bonds is 3. The highest BCUT2D eigenvalue weighted by atomic mass is 15.0. The number of nitrogens with zero attached hydrogens (tertiary/aromatic N) is 1. The molecular weight excluding hydrogens is 198 g/mol. The van der Waals surface area contributed by atoms with Gasteiger partial charge in [-0.1, -0.05) is 6.07 Å². The zero-order chi connectivity index (χ0) is 11.0. The molecule has 2 aliphatic carbocycles. The average molecular weight is 217 g/mol. The van der Waals surface area contributed by atoms with Gasteiger partial charge in [-0.05, 0) is 50.2 Å². The van der Waals surface area contributed by atoms with E-state index in [4.69, 9.17) is 5.73 Å². The van der Waals surface area contributed by atoms with E-state index in [0.717, 1.165) is 31.6 Å². The third-order valence-electron chi connectivity index (χ3n) is 3.90. The Bertz CT molecular complexity index is 396. The van der Waals surface area contributed by atoms with Crippen molar-refractivity contribution in [3.8, 4) is 0 Å². The van der Waals surface area contributed by atoms with Crippen LogP contribution in [0.5, 0.6) is 0 Å². The minimum atomic E-state index is 0.0285. The predicted molar refractivity (Wildman–Crippen MR) is 65.5 cm³/mol. The Morgan fingerprint density at radius 1 is 1.25 bits per heavy atom. The van der Waals surface area contributed by atoms with Gasteiger partial charge in [0.15, 0.2) is 0 Å². The molecule has 3 heteroatoms. The Kier molecular flexibility index (Phi) is 2.36. The number of nitrogens with one attached hydrogen (secondary N) is 1. The molecule has 0 spiro atoms. The maximum absolute atomic E-state index is 6.17. The lowest BCUT2D eigenvalue weighted by atomic mass is 9.78. The molecule has 0 aromatic carbocycles. The summed E-state index contributed by atoms with van der Waals surface area (Å²) >= 11 is 0. The number of aryl methyl sites for hydroxylation is 2. The van der Waals surface area contributed by atoms with Crippen LogP contribution in [0, 0.1) is 0 Å². The second-order valence-corrected chi connectivity index (χ2v) is 5.23. The van der Waals surface area contributed by atoms with E-state index < -0.39 is 0 Å². The molecule has 16 heavy (non-hydrogen) atoms. The number of anilines is 1. The number of fused-ring (bicyclic) bond motifs is 1. The first-order chi connectivity index (χ1) is 7.75. The van der Waals surface area contributed by atoms with Crippen molar-refractivity contribution >= 4 is 5.82 Å². The number of hydrogen-bond donors (Lipinski definition) is 2. The van der Waals surface area contributed by atoms with Gasteiger partial charge < -0.3 is 11.1 Å². The molecule has 0 atom stereocenters. The molecule has 0 bridgehead atoms. The van der Waals surface area contributed by atoms with Crippen molar-refractivity contribution in [2.45, 2.75) is 44.1 Å². The van der Waals surface area contributed by atoms with Crippen LogP contribution in [0.4, 0.5) is 5.82 Å². The van der Waals surface area contributed by atoms with E-state index in [1.807, 2.05) is 0 Å². The van der Waals surface area contributed by atoms with Crippen LogP contribution in [0.25, 0.3) is 0 Å². The molecule has 0 radical (unpaired) electrons. The third kappa shape index (κ3) is 1.80. The molecule has 86 valence electrons. The topological polar surface area (TPSA) is 50.9 Å². The first-order valence-electron chi connectivity index (χ1n) is 6.27. The standard InChI is InChI=1S/C13H19N3/c14-13(7-2-8-13)9-15-12-6-5-10-3-1-4-11(10)16-12/h5-6H,1-4,7-9,14H2,(H,15,16). The fourth-order valence-electron chi connectivity index (χ4n) is 2.59. The van der Waals surface area contributed by atoms with Crippen molar-refractivity contribution in [3.05, 3.63) is 23.4 Å². The lowest BCUT2D eigenvalue weighted by molar-refractivity contribution is 0.265. The molecule has 3 N–H and O–H groups in total. The summed E-state index contributed by atoms with van der Waals surface area (Å²) in [5, 5.41) is 3.38. The van der Waals surface area contributed by atoms with E-state index in [2.05, 4.69) is 22.4 Å². The van der Waals surface area contributed by atoms with Crippen molar-refractivity contribution in [2.75, 3.05) is 11.9 Å². The zero-order valence-electron chi connectivity index (χ0n) is 9.63. The fourth-order valence-corrected chi connectivity index (χ4v) is 2.59. The Labute approximate surface area is 96.4 Å². The van der Waals surface area contributed by atoms with E-state index in [1.165, 1.54) is 30.5 Å². The molecule has 2 aliphatic rings. The third-order valence-corrected chi connectivity index (χ3v) is 3.90. The number of hydrogen-bond acceptors (Lipinski definition) is 3. The van der Waals surface area contributed by atoms with Crippen molar-refractivity contribution in [1.82, 2.24) is 4.98 Å². The van der Waals surface area contributed by atoms with Gasteiger partial charge in [0, 0.05) is 17.8 Å². The molecule has 3 nitrogen and oxygen atoms in total. The molecule has 3 rings (SSSR count). The average Bonchev–Trinajstić information content (AvgIpc) is 2.70. The van der Waals surface area contributed by atoms with Gasteiger partial charge in [0.2, 0.25) is 0 Å². The summed E-state index contributed by atoms with van der Waals surface area (Å²) in [5.41, 5.74) is 8.91. The SMILES string of the molecule is NC1(CNc2ccc3c(n2)CCC3)CCC1. The maximum atomic E-state index is 6.17. The van der Waals surface area contributed by atoms with Crippen LogP contribution in [0.1, 0.15) is 36.9 Å². The van der Waals surface area contributed by atoms with Crippen molar-refractivity contribution in [1.29, 1.82) is 0 Å². The van der Waals surface area contributed by atoms with Crippen LogP contribution in [0.2, 0.25) is 0 Å². The van der Waals surface area contributed by atoms with Gasteiger partial charge in [-0.25, -0.2) is 4.98 Å². The molecule has 1 heterocycles. The van der Waals surface area contributed by atoms with E-state index in [-0.39, 0.29) is 5.54 Å². The first kappa shape index (κ1) is 10.1. The van der Waals surface area contributed by atoms with Gasteiger partial charge in [-0.2, -0.15) is 0 Å². The molecule has 0 saturated heterocycles. The second-order valence-electron chi connectivity index (χ2n) is 5.23. The summed E-state index contributed by atoms with van der Waals surface area (Å²) in [6.45, 7) is 0.860. The molecule has 0 aliphatic heterocycles. The number of pyridine rings is 1. The van der Waals surface area contributed by atoms with E-state index in [1.54, 1.807) is 0 Å². The van der Waals surface area contributed by atoms with Gasteiger partial charge in [0.1, 0.15) is 5.82 Å². The monoisotopic (exact) mass is 217 g/mol.